The third-order valence-corrected chi connectivity index (χ3v) is 3.53. The van der Waals surface area contributed by atoms with Crippen LogP contribution in [0.1, 0.15) is 39.0 Å². The molecule has 0 aromatic carbocycles. The molecule has 14 heavy (non-hydrogen) atoms. The maximum atomic E-state index is 12.0. The molecule has 2 aliphatic rings. The fourth-order valence-corrected chi connectivity index (χ4v) is 2.19. The van der Waals surface area contributed by atoms with E-state index in [4.69, 9.17) is 0 Å². The second-order valence-electron chi connectivity index (χ2n) is 4.62. The molecule has 2 N–H and O–H groups in total. The van der Waals surface area contributed by atoms with Gasteiger partial charge in [0.1, 0.15) is 0 Å². The SMILES string of the molecule is CCC1(C(=O)NCC2CC2)CCCN1. The van der Waals surface area contributed by atoms with E-state index in [0.29, 0.717) is 0 Å². The summed E-state index contributed by atoms with van der Waals surface area (Å²) in [6, 6.07) is 0. The van der Waals surface area contributed by atoms with Crippen LogP contribution in [-0.4, -0.2) is 24.5 Å². The molecule has 1 amide bonds. The summed E-state index contributed by atoms with van der Waals surface area (Å²) in [7, 11) is 0. The molecular formula is C11H20N2O. The lowest BCUT2D eigenvalue weighted by Gasteiger charge is -2.26. The van der Waals surface area contributed by atoms with Crippen molar-refractivity contribution in [3.05, 3.63) is 0 Å². The minimum Gasteiger partial charge on any atom is -0.354 e. The van der Waals surface area contributed by atoms with Crippen LogP contribution in [0.2, 0.25) is 0 Å². The van der Waals surface area contributed by atoms with Crippen LogP contribution in [0.5, 0.6) is 0 Å². The van der Waals surface area contributed by atoms with Crippen molar-refractivity contribution in [3.63, 3.8) is 0 Å². The summed E-state index contributed by atoms with van der Waals surface area (Å²) in [5.41, 5.74) is -0.241. The molecule has 3 nitrogen and oxygen atoms in total. The van der Waals surface area contributed by atoms with E-state index in [2.05, 4.69) is 17.6 Å². The van der Waals surface area contributed by atoms with Crippen molar-refractivity contribution in [2.75, 3.05) is 13.1 Å². The Balaban J connectivity index is 1.86. The van der Waals surface area contributed by atoms with Crippen LogP contribution in [0.4, 0.5) is 0 Å². The number of carbonyl (C=O) groups excluding carboxylic acids is 1. The van der Waals surface area contributed by atoms with Gasteiger partial charge in [-0.2, -0.15) is 0 Å². The Bertz CT molecular complexity index is 217. The van der Waals surface area contributed by atoms with Crippen molar-refractivity contribution in [1.29, 1.82) is 0 Å². The zero-order valence-electron chi connectivity index (χ0n) is 8.94. The summed E-state index contributed by atoms with van der Waals surface area (Å²) in [5.74, 6) is 0.999. The minimum absolute atomic E-state index is 0.226. The van der Waals surface area contributed by atoms with Gasteiger partial charge in [0.2, 0.25) is 5.91 Å². The van der Waals surface area contributed by atoms with Crippen molar-refractivity contribution in [3.8, 4) is 0 Å². The Morgan fingerprint density at radius 1 is 1.57 bits per heavy atom. The highest BCUT2D eigenvalue weighted by Crippen LogP contribution is 2.28. The van der Waals surface area contributed by atoms with E-state index in [1.54, 1.807) is 0 Å². The third-order valence-electron chi connectivity index (χ3n) is 3.53. The molecule has 80 valence electrons. The molecule has 1 saturated carbocycles. The zero-order valence-corrected chi connectivity index (χ0v) is 8.94. The number of carbonyl (C=O) groups is 1. The van der Waals surface area contributed by atoms with Gasteiger partial charge in [-0.1, -0.05) is 6.92 Å². The third kappa shape index (κ3) is 1.92. The van der Waals surface area contributed by atoms with Gasteiger partial charge in [-0.3, -0.25) is 4.79 Å². The van der Waals surface area contributed by atoms with Crippen LogP contribution in [0.15, 0.2) is 0 Å². The topological polar surface area (TPSA) is 41.1 Å². The molecule has 1 atom stereocenters. The van der Waals surface area contributed by atoms with E-state index < -0.39 is 0 Å². The molecule has 1 aliphatic heterocycles. The first-order valence-electron chi connectivity index (χ1n) is 5.80. The Kier molecular flexibility index (Phi) is 2.77. The molecular weight excluding hydrogens is 176 g/mol. The summed E-state index contributed by atoms with van der Waals surface area (Å²) in [6.07, 6.45) is 5.63. The van der Waals surface area contributed by atoms with E-state index in [1.165, 1.54) is 12.8 Å². The highest BCUT2D eigenvalue weighted by Gasteiger charge is 2.39. The Morgan fingerprint density at radius 2 is 2.36 bits per heavy atom. The maximum Gasteiger partial charge on any atom is 0.240 e. The van der Waals surface area contributed by atoms with Crippen molar-refractivity contribution in [2.45, 2.75) is 44.6 Å². The fraction of sp³-hybridized carbons (Fsp3) is 0.909. The lowest BCUT2D eigenvalue weighted by molar-refractivity contribution is -0.127. The minimum atomic E-state index is -0.241. The lowest BCUT2D eigenvalue weighted by atomic mass is 9.93. The summed E-state index contributed by atoms with van der Waals surface area (Å²) < 4.78 is 0. The summed E-state index contributed by atoms with van der Waals surface area (Å²) in [5, 5.41) is 6.43. The van der Waals surface area contributed by atoms with Crippen LogP contribution in [0.3, 0.4) is 0 Å². The highest BCUT2D eigenvalue weighted by atomic mass is 16.2. The summed E-state index contributed by atoms with van der Waals surface area (Å²) >= 11 is 0. The molecule has 1 saturated heterocycles. The Labute approximate surface area is 85.6 Å². The molecule has 0 radical (unpaired) electrons. The van der Waals surface area contributed by atoms with Crippen LogP contribution in [0, 0.1) is 5.92 Å². The van der Waals surface area contributed by atoms with Crippen LogP contribution in [0.25, 0.3) is 0 Å². The van der Waals surface area contributed by atoms with Gasteiger partial charge >= 0.3 is 0 Å². The number of amides is 1. The first kappa shape index (κ1) is 9.97. The van der Waals surface area contributed by atoms with E-state index in [9.17, 15) is 4.79 Å². The average Bonchev–Trinajstić information content (AvgIpc) is 2.90. The molecule has 1 heterocycles. The monoisotopic (exact) mass is 196 g/mol. The van der Waals surface area contributed by atoms with Crippen molar-refractivity contribution in [2.24, 2.45) is 5.92 Å². The predicted molar refractivity (Wildman–Crippen MR) is 56.0 cm³/mol. The van der Waals surface area contributed by atoms with Gasteiger partial charge < -0.3 is 10.6 Å². The van der Waals surface area contributed by atoms with Crippen LogP contribution < -0.4 is 10.6 Å². The Morgan fingerprint density at radius 3 is 2.86 bits per heavy atom. The number of hydrogen-bond donors (Lipinski definition) is 2. The van der Waals surface area contributed by atoms with Gasteiger partial charge in [0.15, 0.2) is 0 Å². The fourth-order valence-electron chi connectivity index (χ4n) is 2.19. The number of hydrogen-bond acceptors (Lipinski definition) is 2. The molecule has 3 heteroatoms. The van der Waals surface area contributed by atoms with Crippen LogP contribution >= 0.6 is 0 Å². The number of nitrogens with one attached hydrogen (secondary N) is 2. The summed E-state index contributed by atoms with van der Waals surface area (Å²) in [4.78, 5) is 12.0. The molecule has 1 aliphatic carbocycles. The Hall–Kier alpha value is -0.570. The van der Waals surface area contributed by atoms with Gasteiger partial charge in [0, 0.05) is 6.54 Å². The molecule has 0 aromatic rings. The molecule has 0 bridgehead atoms. The van der Waals surface area contributed by atoms with E-state index in [0.717, 1.165) is 38.3 Å². The number of rotatable bonds is 4. The molecule has 1 unspecified atom stereocenters. The van der Waals surface area contributed by atoms with Gasteiger partial charge in [-0.15, -0.1) is 0 Å². The van der Waals surface area contributed by atoms with E-state index >= 15 is 0 Å². The molecule has 2 rings (SSSR count). The lowest BCUT2D eigenvalue weighted by Crippen LogP contribution is -2.53. The van der Waals surface area contributed by atoms with Gasteiger partial charge in [0.05, 0.1) is 5.54 Å². The van der Waals surface area contributed by atoms with E-state index in [1.807, 2.05) is 0 Å². The van der Waals surface area contributed by atoms with Crippen LogP contribution in [-0.2, 0) is 4.79 Å². The van der Waals surface area contributed by atoms with Gasteiger partial charge in [-0.05, 0) is 44.6 Å². The largest absolute Gasteiger partial charge is 0.354 e. The van der Waals surface area contributed by atoms with Gasteiger partial charge in [0.25, 0.3) is 0 Å². The van der Waals surface area contributed by atoms with E-state index in [-0.39, 0.29) is 11.4 Å². The summed E-state index contributed by atoms with van der Waals surface area (Å²) in [6.45, 7) is 3.97. The van der Waals surface area contributed by atoms with Crippen molar-refractivity contribution >= 4 is 5.91 Å². The molecule has 0 aromatic heterocycles. The normalized spacial score (nSPS) is 31.8. The second kappa shape index (κ2) is 3.89. The highest BCUT2D eigenvalue weighted by molar-refractivity contribution is 5.86. The zero-order chi connectivity index (χ0) is 10.0. The first-order chi connectivity index (χ1) is 6.77. The first-order valence-corrected chi connectivity index (χ1v) is 5.80. The van der Waals surface area contributed by atoms with Gasteiger partial charge in [-0.25, -0.2) is 0 Å². The van der Waals surface area contributed by atoms with Crippen molar-refractivity contribution < 1.29 is 4.79 Å². The predicted octanol–water partition coefficient (Wildman–Crippen LogP) is 1.04. The molecule has 2 fully saturated rings. The smallest absolute Gasteiger partial charge is 0.240 e. The van der Waals surface area contributed by atoms with Crippen molar-refractivity contribution in [1.82, 2.24) is 10.6 Å². The average molecular weight is 196 g/mol. The standard InChI is InChI=1S/C11H20N2O/c1-2-11(6-3-7-13-11)10(14)12-8-9-4-5-9/h9,13H,2-8H2,1H3,(H,12,14). The quantitative estimate of drug-likeness (QED) is 0.705. The maximum absolute atomic E-state index is 12.0. The molecule has 0 spiro atoms. The second-order valence-corrected chi connectivity index (χ2v) is 4.62.